The molecule has 1 aliphatic rings. The Hall–Kier alpha value is -0.120. The summed E-state index contributed by atoms with van der Waals surface area (Å²) >= 11 is 0. The second kappa shape index (κ2) is 5.99. The Balaban J connectivity index is 2.13. The van der Waals surface area contributed by atoms with Gasteiger partial charge in [-0.05, 0) is 59.5 Å². The van der Waals surface area contributed by atoms with Gasteiger partial charge in [-0.1, -0.05) is 0 Å². The molecule has 3 heteroatoms. The molecule has 0 bridgehead atoms. The standard InChI is InChI=1S/C13H27NO2/c1-11(15)12-5-7-14(8-6-12)9-10-16-13(2,3)4/h11-12,15H,5-10H2,1-4H3. The average molecular weight is 229 g/mol. The minimum Gasteiger partial charge on any atom is -0.393 e. The molecule has 0 aromatic rings. The molecule has 1 atom stereocenters. The van der Waals surface area contributed by atoms with Crippen LogP contribution < -0.4 is 0 Å². The zero-order valence-corrected chi connectivity index (χ0v) is 11.2. The molecule has 3 nitrogen and oxygen atoms in total. The molecule has 1 N–H and O–H groups in total. The highest BCUT2D eigenvalue weighted by atomic mass is 16.5. The van der Waals surface area contributed by atoms with Gasteiger partial charge in [-0.2, -0.15) is 0 Å². The SMILES string of the molecule is CC(O)C1CCN(CCOC(C)(C)C)CC1. The third-order valence-corrected chi connectivity index (χ3v) is 3.26. The maximum atomic E-state index is 9.50. The van der Waals surface area contributed by atoms with Gasteiger partial charge in [0.2, 0.25) is 0 Å². The summed E-state index contributed by atoms with van der Waals surface area (Å²) in [4.78, 5) is 2.44. The van der Waals surface area contributed by atoms with Crippen LogP contribution in [0, 0.1) is 5.92 Å². The quantitative estimate of drug-likeness (QED) is 0.799. The Bertz CT molecular complexity index is 191. The Morgan fingerprint density at radius 3 is 2.31 bits per heavy atom. The lowest BCUT2D eigenvalue weighted by Gasteiger charge is -2.33. The number of nitrogens with zero attached hydrogens (tertiary/aromatic N) is 1. The van der Waals surface area contributed by atoms with Gasteiger partial charge >= 0.3 is 0 Å². The maximum Gasteiger partial charge on any atom is 0.0600 e. The Morgan fingerprint density at radius 2 is 1.88 bits per heavy atom. The molecule has 96 valence electrons. The highest BCUT2D eigenvalue weighted by molar-refractivity contribution is 4.75. The average Bonchev–Trinajstić information content (AvgIpc) is 2.16. The molecule has 0 saturated carbocycles. The summed E-state index contributed by atoms with van der Waals surface area (Å²) in [7, 11) is 0. The normalized spacial score (nSPS) is 22.3. The molecule has 1 rings (SSSR count). The first-order valence-electron chi connectivity index (χ1n) is 6.43. The van der Waals surface area contributed by atoms with E-state index in [1.165, 1.54) is 0 Å². The fraction of sp³-hybridized carbons (Fsp3) is 1.00. The Morgan fingerprint density at radius 1 is 1.31 bits per heavy atom. The largest absolute Gasteiger partial charge is 0.393 e. The van der Waals surface area contributed by atoms with Gasteiger partial charge in [0.25, 0.3) is 0 Å². The number of aliphatic hydroxyl groups excluding tert-OH is 1. The first-order chi connectivity index (χ1) is 7.38. The van der Waals surface area contributed by atoms with Crippen molar-refractivity contribution in [2.75, 3.05) is 26.2 Å². The minimum atomic E-state index is -0.145. The van der Waals surface area contributed by atoms with E-state index in [0.29, 0.717) is 5.92 Å². The van der Waals surface area contributed by atoms with Gasteiger partial charge in [0.15, 0.2) is 0 Å². The summed E-state index contributed by atoms with van der Waals surface area (Å²) in [5, 5.41) is 9.50. The molecule has 1 fully saturated rings. The fourth-order valence-corrected chi connectivity index (χ4v) is 2.14. The van der Waals surface area contributed by atoms with Crippen molar-refractivity contribution in [1.29, 1.82) is 0 Å². The summed E-state index contributed by atoms with van der Waals surface area (Å²) in [6, 6.07) is 0. The Labute approximate surface area is 99.8 Å². The molecule has 1 heterocycles. The summed E-state index contributed by atoms with van der Waals surface area (Å²) in [6.45, 7) is 12.2. The van der Waals surface area contributed by atoms with Crippen molar-refractivity contribution < 1.29 is 9.84 Å². The molecule has 0 spiro atoms. The van der Waals surface area contributed by atoms with E-state index in [1.807, 2.05) is 6.92 Å². The van der Waals surface area contributed by atoms with Gasteiger partial charge in [0.05, 0.1) is 18.3 Å². The van der Waals surface area contributed by atoms with E-state index in [-0.39, 0.29) is 11.7 Å². The lowest BCUT2D eigenvalue weighted by molar-refractivity contribution is -0.0191. The van der Waals surface area contributed by atoms with E-state index in [0.717, 1.165) is 39.1 Å². The van der Waals surface area contributed by atoms with E-state index in [4.69, 9.17) is 4.74 Å². The number of hydrogen-bond acceptors (Lipinski definition) is 3. The highest BCUT2D eigenvalue weighted by Gasteiger charge is 2.22. The van der Waals surface area contributed by atoms with E-state index < -0.39 is 0 Å². The Kier molecular flexibility index (Phi) is 5.22. The first-order valence-corrected chi connectivity index (χ1v) is 6.43. The third-order valence-electron chi connectivity index (χ3n) is 3.26. The molecule has 1 saturated heterocycles. The molecule has 0 amide bonds. The molecule has 0 aromatic carbocycles. The first kappa shape index (κ1) is 13.9. The fourth-order valence-electron chi connectivity index (χ4n) is 2.14. The number of rotatable bonds is 4. The summed E-state index contributed by atoms with van der Waals surface area (Å²) < 4.78 is 5.72. The molecule has 16 heavy (non-hydrogen) atoms. The van der Waals surface area contributed by atoms with E-state index in [2.05, 4.69) is 25.7 Å². The number of aliphatic hydroxyl groups is 1. The topological polar surface area (TPSA) is 32.7 Å². The summed E-state index contributed by atoms with van der Waals surface area (Å²) in [5.74, 6) is 0.500. The minimum absolute atomic E-state index is 0.0298. The van der Waals surface area contributed by atoms with Crippen LogP contribution in [0.3, 0.4) is 0 Å². The smallest absolute Gasteiger partial charge is 0.0600 e. The van der Waals surface area contributed by atoms with Crippen LogP contribution in [0.4, 0.5) is 0 Å². The molecule has 0 aliphatic carbocycles. The third kappa shape index (κ3) is 5.28. The van der Waals surface area contributed by atoms with Gasteiger partial charge < -0.3 is 14.7 Å². The van der Waals surface area contributed by atoms with E-state index >= 15 is 0 Å². The van der Waals surface area contributed by atoms with Gasteiger partial charge in [-0.3, -0.25) is 0 Å². The van der Waals surface area contributed by atoms with Crippen LogP contribution in [0.1, 0.15) is 40.5 Å². The van der Waals surface area contributed by atoms with Crippen molar-refractivity contribution >= 4 is 0 Å². The van der Waals surface area contributed by atoms with Gasteiger partial charge in [0.1, 0.15) is 0 Å². The number of ether oxygens (including phenoxy) is 1. The number of likely N-dealkylation sites (tertiary alicyclic amines) is 1. The van der Waals surface area contributed by atoms with Crippen molar-refractivity contribution in [1.82, 2.24) is 4.90 Å². The van der Waals surface area contributed by atoms with Crippen LogP contribution >= 0.6 is 0 Å². The molecular weight excluding hydrogens is 202 g/mol. The van der Waals surface area contributed by atoms with Crippen LogP contribution in [0.2, 0.25) is 0 Å². The van der Waals surface area contributed by atoms with Crippen molar-refractivity contribution in [3.63, 3.8) is 0 Å². The molecule has 0 aromatic heterocycles. The van der Waals surface area contributed by atoms with Crippen LogP contribution in [-0.4, -0.2) is 48.0 Å². The maximum absolute atomic E-state index is 9.50. The van der Waals surface area contributed by atoms with Crippen LogP contribution in [0.15, 0.2) is 0 Å². The monoisotopic (exact) mass is 229 g/mol. The van der Waals surface area contributed by atoms with Crippen molar-refractivity contribution in [2.45, 2.75) is 52.2 Å². The van der Waals surface area contributed by atoms with Gasteiger partial charge in [-0.25, -0.2) is 0 Å². The molecule has 1 aliphatic heterocycles. The van der Waals surface area contributed by atoms with Crippen molar-refractivity contribution in [2.24, 2.45) is 5.92 Å². The molecular formula is C13H27NO2. The number of hydrogen-bond donors (Lipinski definition) is 1. The van der Waals surface area contributed by atoms with Gasteiger partial charge in [0, 0.05) is 6.54 Å². The van der Waals surface area contributed by atoms with E-state index in [1.54, 1.807) is 0 Å². The highest BCUT2D eigenvalue weighted by Crippen LogP contribution is 2.20. The molecule has 1 unspecified atom stereocenters. The predicted octanol–water partition coefficient (Wildman–Crippen LogP) is 1.89. The van der Waals surface area contributed by atoms with Crippen LogP contribution in [0.25, 0.3) is 0 Å². The van der Waals surface area contributed by atoms with Crippen LogP contribution in [-0.2, 0) is 4.74 Å². The second-order valence-electron chi connectivity index (χ2n) is 5.88. The summed E-state index contributed by atoms with van der Waals surface area (Å²) in [6.07, 6.45) is 2.09. The zero-order valence-electron chi connectivity index (χ0n) is 11.2. The molecule has 0 radical (unpaired) electrons. The lowest BCUT2D eigenvalue weighted by atomic mass is 9.92. The van der Waals surface area contributed by atoms with E-state index in [9.17, 15) is 5.11 Å². The lowest BCUT2D eigenvalue weighted by Crippen LogP contribution is -2.39. The van der Waals surface area contributed by atoms with Crippen molar-refractivity contribution in [3.05, 3.63) is 0 Å². The summed E-state index contributed by atoms with van der Waals surface area (Å²) in [5.41, 5.74) is -0.0298. The van der Waals surface area contributed by atoms with Crippen LogP contribution in [0.5, 0.6) is 0 Å². The number of piperidine rings is 1. The van der Waals surface area contributed by atoms with Crippen molar-refractivity contribution in [3.8, 4) is 0 Å². The second-order valence-corrected chi connectivity index (χ2v) is 5.88. The predicted molar refractivity (Wildman–Crippen MR) is 66.5 cm³/mol. The van der Waals surface area contributed by atoms with Gasteiger partial charge in [-0.15, -0.1) is 0 Å². The zero-order chi connectivity index (χ0) is 12.2.